The van der Waals surface area contributed by atoms with Gasteiger partial charge in [-0.25, -0.2) is 0 Å². The fraction of sp³-hybridized carbons (Fsp3) is 0.143. The van der Waals surface area contributed by atoms with Crippen LogP contribution in [0.3, 0.4) is 0 Å². The van der Waals surface area contributed by atoms with Gasteiger partial charge in [0.15, 0.2) is 17.4 Å². The number of nitrogens with one attached hydrogen (secondary N) is 1. The molecule has 2 heterocycles. The van der Waals surface area contributed by atoms with Gasteiger partial charge in [-0.15, -0.1) is 11.3 Å². The van der Waals surface area contributed by atoms with Gasteiger partial charge >= 0.3 is 0 Å². The number of nitrogens with zero attached hydrogens (tertiary/aromatic N) is 1. The van der Waals surface area contributed by atoms with E-state index < -0.39 is 0 Å². The van der Waals surface area contributed by atoms with Crippen LogP contribution in [0.5, 0.6) is 0 Å². The summed E-state index contributed by atoms with van der Waals surface area (Å²) in [4.78, 5) is 1.06. The van der Waals surface area contributed by atoms with E-state index in [9.17, 15) is 5.11 Å². The van der Waals surface area contributed by atoms with Crippen molar-refractivity contribution in [2.75, 3.05) is 5.32 Å². The standard InChI is InChI=1S/C21H20N2OS2/c1-15(2)16-8-10-17(11-9-16)22-21(25)19(23-12-4-3-5-13-23)20(24)18-7-6-14-26-18/h3-15H,1-2H3,(H-,22,24,25). The zero-order chi connectivity index (χ0) is 18.5. The van der Waals surface area contributed by atoms with Gasteiger partial charge in [0.05, 0.1) is 0 Å². The van der Waals surface area contributed by atoms with Gasteiger partial charge < -0.3 is 10.4 Å². The van der Waals surface area contributed by atoms with Crippen LogP contribution in [0.1, 0.15) is 30.2 Å². The van der Waals surface area contributed by atoms with Gasteiger partial charge in [-0.2, -0.15) is 4.57 Å². The Morgan fingerprint density at radius 2 is 1.73 bits per heavy atom. The van der Waals surface area contributed by atoms with Crippen LogP contribution in [-0.4, -0.2) is 4.99 Å². The molecular weight excluding hydrogens is 360 g/mol. The van der Waals surface area contributed by atoms with E-state index in [0.29, 0.717) is 21.5 Å². The lowest BCUT2D eigenvalue weighted by Gasteiger charge is -2.15. The van der Waals surface area contributed by atoms with Crippen LogP contribution in [0.2, 0.25) is 0 Å². The molecule has 0 atom stereocenters. The van der Waals surface area contributed by atoms with E-state index in [1.165, 1.54) is 16.9 Å². The molecule has 3 rings (SSSR count). The van der Waals surface area contributed by atoms with Gasteiger partial charge in [0.25, 0.3) is 0 Å². The topological polar surface area (TPSA) is 39.0 Å². The Morgan fingerprint density at radius 3 is 2.31 bits per heavy atom. The van der Waals surface area contributed by atoms with E-state index in [2.05, 4.69) is 31.3 Å². The molecule has 0 saturated heterocycles. The zero-order valence-electron chi connectivity index (χ0n) is 14.7. The van der Waals surface area contributed by atoms with Crippen molar-refractivity contribution in [3.63, 3.8) is 0 Å². The third kappa shape index (κ3) is 4.18. The molecule has 2 aromatic heterocycles. The second kappa shape index (κ2) is 8.25. The van der Waals surface area contributed by atoms with Crippen molar-refractivity contribution >= 4 is 45.7 Å². The molecule has 0 spiro atoms. The number of benzene rings is 1. The smallest absolute Gasteiger partial charge is 0.239 e. The molecule has 0 aliphatic heterocycles. The Kier molecular flexibility index (Phi) is 5.81. The van der Waals surface area contributed by atoms with Crippen LogP contribution in [-0.2, 0) is 0 Å². The van der Waals surface area contributed by atoms with Crippen molar-refractivity contribution in [2.45, 2.75) is 19.8 Å². The molecular formula is C21H20N2OS2. The Hall–Kier alpha value is -2.50. The van der Waals surface area contributed by atoms with Crippen molar-refractivity contribution in [1.29, 1.82) is 0 Å². The summed E-state index contributed by atoms with van der Waals surface area (Å²) in [6.45, 7) is 4.31. The van der Waals surface area contributed by atoms with E-state index in [-0.39, 0.29) is 5.76 Å². The summed E-state index contributed by atoms with van der Waals surface area (Å²) >= 11 is 7.00. The fourth-order valence-electron chi connectivity index (χ4n) is 2.55. The Bertz CT molecular complexity index is 899. The van der Waals surface area contributed by atoms with E-state index in [1.807, 2.05) is 60.2 Å². The molecule has 3 nitrogen and oxygen atoms in total. The molecule has 0 aliphatic rings. The minimum Gasteiger partial charge on any atom is -0.867 e. The van der Waals surface area contributed by atoms with Crippen molar-refractivity contribution in [3.05, 3.63) is 82.8 Å². The monoisotopic (exact) mass is 380 g/mol. The highest BCUT2D eigenvalue weighted by atomic mass is 32.1. The summed E-state index contributed by atoms with van der Waals surface area (Å²) in [5.41, 5.74) is 2.57. The number of pyridine rings is 1. The number of hydrogen-bond acceptors (Lipinski definition) is 3. The predicted octanol–water partition coefficient (Wildman–Crippen LogP) is 4.28. The maximum atomic E-state index is 13.0. The van der Waals surface area contributed by atoms with E-state index >= 15 is 0 Å². The highest BCUT2D eigenvalue weighted by Crippen LogP contribution is 2.22. The highest BCUT2D eigenvalue weighted by molar-refractivity contribution is 7.81. The molecule has 132 valence electrons. The van der Waals surface area contributed by atoms with Crippen LogP contribution in [0, 0.1) is 0 Å². The number of anilines is 1. The molecule has 3 aromatic rings. The van der Waals surface area contributed by atoms with E-state index in [4.69, 9.17) is 12.2 Å². The molecule has 0 radical (unpaired) electrons. The van der Waals surface area contributed by atoms with Gasteiger partial charge in [0.1, 0.15) is 0 Å². The SMILES string of the molecule is CC(C)c1ccc(NC(=S)C(=C([O-])c2cccs2)[n+]2ccccc2)cc1. The summed E-state index contributed by atoms with van der Waals surface area (Å²) in [7, 11) is 0. The summed E-state index contributed by atoms with van der Waals surface area (Å²) in [5, 5.41) is 18.1. The molecule has 1 aromatic carbocycles. The van der Waals surface area contributed by atoms with E-state index in [0.717, 1.165) is 5.69 Å². The normalized spacial score (nSPS) is 12.0. The molecule has 0 saturated carbocycles. The van der Waals surface area contributed by atoms with Gasteiger partial charge in [0, 0.05) is 22.7 Å². The molecule has 0 aliphatic carbocycles. The maximum Gasteiger partial charge on any atom is 0.239 e. The molecule has 5 heteroatoms. The zero-order valence-corrected chi connectivity index (χ0v) is 16.3. The van der Waals surface area contributed by atoms with Gasteiger partial charge in [-0.1, -0.05) is 50.3 Å². The summed E-state index contributed by atoms with van der Waals surface area (Å²) in [5.74, 6) is 0.380. The van der Waals surface area contributed by atoms with E-state index in [1.54, 1.807) is 4.57 Å². The lowest BCUT2D eigenvalue weighted by atomic mass is 10.0. The van der Waals surface area contributed by atoms with Crippen LogP contribution < -0.4 is 15.0 Å². The van der Waals surface area contributed by atoms with Gasteiger partial charge in [-0.3, -0.25) is 0 Å². The van der Waals surface area contributed by atoms with Crippen LogP contribution >= 0.6 is 23.6 Å². The third-order valence-corrected chi connectivity index (χ3v) is 5.15. The Morgan fingerprint density at radius 1 is 1.04 bits per heavy atom. The number of aromatic nitrogens is 1. The Balaban J connectivity index is 1.94. The predicted molar refractivity (Wildman–Crippen MR) is 111 cm³/mol. The second-order valence-electron chi connectivity index (χ2n) is 6.17. The molecule has 0 unspecified atom stereocenters. The average Bonchev–Trinajstić information content (AvgIpc) is 3.18. The molecule has 0 amide bonds. The number of thiophene rings is 1. The molecule has 0 bridgehead atoms. The molecule has 26 heavy (non-hydrogen) atoms. The first-order valence-corrected chi connectivity index (χ1v) is 9.68. The molecule has 1 N–H and O–H groups in total. The van der Waals surface area contributed by atoms with Crippen molar-refractivity contribution in [3.8, 4) is 0 Å². The fourth-order valence-corrected chi connectivity index (χ4v) is 3.53. The van der Waals surface area contributed by atoms with Crippen LogP contribution in [0.4, 0.5) is 5.69 Å². The Labute approximate surface area is 163 Å². The maximum absolute atomic E-state index is 13.0. The first-order valence-electron chi connectivity index (χ1n) is 8.39. The first-order chi connectivity index (χ1) is 12.6. The second-order valence-corrected chi connectivity index (χ2v) is 7.52. The number of thiocarbonyl (C=S) groups is 1. The molecule has 0 fully saturated rings. The largest absolute Gasteiger partial charge is 0.867 e. The highest BCUT2D eigenvalue weighted by Gasteiger charge is 2.19. The van der Waals surface area contributed by atoms with Gasteiger partial charge in [-0.05, 0) is 40.8 Å². The number of hydrogen-bond donors (Lipinski definition) is 1. The number of rotatable bonds is 5. The van der Waals surface area contributed by atoms with Crippen molar-refractivity contribution < 1.29 is 9.67 Å². The van der Waals surface area contributed by atoms with Crippen LogP contribution in [0.15, 0.2) is 72.4 Å². The first kappa shape index (κ1) is 18.3. The summed E-state index contributed by atoms with van der Waals surface area (Å²) in [6.07, 6.45) is 3.66. The van der Waals surface area contributed by atoms with Gasteiger partial charge in [0.2, 0.25) is 5.70 Å². The average molecular weight is 381 g/mol. The minimum atomic E-state index is -0.0903. The van der Waals surface area contributed by atoms with Crippen LogP contribution in [0.25, 0.3) is 11.5 Å². The lowest BCUT2D eigenvalue weighted by Crippen LogP contribution is -2.39. The summed E-state index contributed by atoms with van der Waals surface area (Å²) in [6, 6.07) is 17.5. The van der Waals surface area contributed by atoms with Crippen molar-refractivity contribution in [2.24, 2.45) is 0 Å². The quantitative estimate of drug-likeness (QED) is 0.311. The summed E-state index contributed by atoms with van der Waals surface area (Å²) < 4.78 is 1.76. The van der Waals surface area contributed by atoms with Crippen molar-refractivity contribution in [1.82, 2.24) is 0 Å². The minimum absolute atomic E-state index is 0.0903. The lowest BCUT2D eigenvalue weighted by molar-refractivity contribution is -0.577. The third-order valence-electron chi connectivity index (χ3n) is 3.98.